The summed E-state index contributed by atoms with van der Waals surface area (Å²) in [5, 5.41) is 9.65. The van der Waals surface area contributed by atoms with Crippen LogP contribution < -0.4 is 0 Å². The predicted octanol–water partition coefficient (Wildman–Crippen LogP) is 0.278. The number of likely N-dealkylation sites (tertiary alicyclic amines) is 1. The average molecular weight is 183 g/mol. The van der Waals surface area contributed by atoms with E-state index >= 15 is 0 Å². The van der Waals surface area contributed by atoms with Crippen LogP contribution in [-0.2, 0) is 4.79 Å². The van der Waals surface area contributed by atoms with E-state index in [0.717, 1.165) is 32.3 Å². The molecule has 0 spiro atoms. The van der Waals surface area contributed by atoms with E-state index in [1.54, 1.807) is 0 Å². The van der Waals surface area contributed by atoms with Crippen LogP contribution in [0.15, 0.2) is 0 Å². The molecule has 0 aromatic rings. The zero-order chi connectivity index (χ0) is 9.26. The summed E-state index contributed by atoms with van der Waals surface area (Å²) in [4.78, 5) is 12.5. The number of hydrogen-bond acceptors (Lipinski definition) is 3. The summed E-state index contributed by atoms with van der Waals surface area (Å²) in [6.45, 7) is 2.97. The molecule has 1 saturated heterocycles. The van der Waals surface area contributed by atoms with Crippen LogP contribution in [0.2, 0.25) is 0 Å². The van der Waals surface area contributed by atoms with Gasteiger partial charge in [-0.05, 0) is 18.8 Å². The van der Waals surface area contributed by atoms with Crippen LogP contribution in [0, 0.1) is 11.8 Å². The van der Waals surface area contributed by atoms with Gasteiger partial charge in [-0.15, -0.1) is 0 Å². The molecule has 3 nitrogen and oxygen atoms in total. The summed E-state index contributed by atoms with van der Waals surface area (Å²) in [6, 6.07) is 0. The Morgan fingerprint density at radius 2 is 2.23 bits per heavy atom. The second-order valence-electron chi connectivity index (χ2n) is 4.28. The molecule has 2 aliphatic rings. The van der Waals surface area contributed by atoms with Gasteiger partial charge in [0, 0.05) is 32.0 Å². The van der Waals surface area contributed by atoms with E-state index in [2.05, 4.69) is 4.90 Å². The number of aldehydes is 1. The Balaban J connectivity index is 1.84. The fourth-order valence-electron chi connectivity index (χ4n) is 2.75. The van der Waals surface area contributed by atoms with Crippen molar-refractivity contribution in [2.45, 2.75) is 25.4 Å². The third-order valence-electron chi connectivity index (χ3n) is 3.46. The molecule has 0 radical (unpaired) electrons. The predicted molar refractivity (Wildman–Crippen MR) is 49.3 cm³/mol. The maximum atomic E-state index is 10.2. The number of carbonyl (C=O) groups excluding carboxylic acids is 1. The van der Waals surface area contributed by atoms with E-state index in [4.69, 9.17) is 0 Å². The number of carbonyl (C=O) groups is 1. The highest BCUT2D eigenvalue weighted by molar-refractivity contribution is 5.49. The Morgan fingerprint density at radius 1 is 1.38 bits per heavy atom. The van der Waals surface area contributed by atoms with Crippen molar-refractivity contribution in [2.75, 3.05) is 19.6 Å². The van der Waals surface area contributed by atoms with E-state index < -0.39 is 0 Å². The molecule has 3 atom stereocenters. The van der Waals surface area contributed by atoms with E-state index in [-0.39, 0.29) is 6.10 Å². The van der Waals surface area contributed by atoms with Crippen molar-refractivity contribution >= 4 is 6.29 Å². The second kappa shape index (κ2) is 3.76. The number of hydrogen-bond donors (Lipinski definition) is 1. The van der Waals surface area contributed by atoms with Crippen molar-refractivity contribution in [3.63, 3.8) is 0 Å². The number of rotatable bonds is 3. The summed E-state index contributed by atoms with van der Waals surface area (Å²) in [6.07, 6.45) is 3.69. The van der Waals surface area contributed by atoms with Gasteiger partial charge in [0.25, 0.3) is 0 Å². The number of aliphatic hydroxyl groups excluding tert-OH is 1. The van der Waals surface area contributed by atoms with Gasteiger partial charge in [0.1, 0.15) is 6.29 Å². The minimum Gasteiger partial charge on any atom is -0.393 e. The summed E-state index contributed by atoms with van der Waals surface area (Å²) in [5.41, 5.74) is 0. The molecule has 13 heavy (non-hydrogen) atoms. The van der Waals surface area contributed by atoms with Crippen molar-refractivity contribution < 1.29 is 9.90 Å². The lowest BCUT2D eigenvalue weighted by molar-refractivity contribution is -0.108. The molecular formula is C10H17NO2. The summed E-state index contributed by atoms with van der Waals surface area (Å²) in [7, 11) is 0. The lowest BCUT2D eigenvalue weighted by Gasteiger charge is -2.16. The van der Waals surface area contributed by atoms with Crippen molar-refractivity contribution in [2.24, 2.45) is 11.8 Å². The normalized spacial score (nSPS) is 39.3. The molecule has 0 aromatic heterocycles. The molecule has 1 saturated carbocycles. The molecule has 1 aliphatic heterocycles. The molecular weight excluding hydrogens is 166 g/mol. The summed E-state index contributed by atoms with van der Waals surface area (Å²) >= 11 is 0. The van der Waals surface area contributed by atoms with Crippen molar-refractivity contribution in [3.8, 4) is 0 Å². The monoisotopic (exact) mass is 183 g/mol. The first kappa shape index (κ1) is 9.16. The van der Waals surface area contributed by atoms with E-state index in [0.29, 0.717) is 18.3 Å². The molecule has 2 fully saturated rings. The number of fused-ring (bicyclic) bond motifs is 1. The SMILES string of the molecule is O=CCCN1CC2CCC(O)C2C1. The number of aliphatic hydroxyl groups is 1. The van der Waals surface area contributed by atoms with Gasteiger partial charge < -0.3 is 14.8 Å². The molecule has 2 rings (SSSR count). The van der Waals surface area contributed by atoms with E-state index in [1.165, 1.54) is 6.42 Å². The fraction of sp³-hybridized carbons (Fsp3) is 0.900. The van der Waals surface area contributed by atoms with Gasteiger partial charge in [-0.1, -0.05) is 0 Å². The highest BCUT2D eigenvalue weighted by Gasteiger charge is 2.41. The highest BCUT2D eigenvalue weighted by atomic mass is 16.3. The van der Waals surface area contributed by atoms with Crippen molar-refractivity contribution in [3.05, 3.63) is 0 Å². The fourth-order valence-corrected chi connectivity index (χ4v) is 2.75. The molecule has 0 aromatic carbocycles. The third kappa shape index (κ3) is 1.76. The first-order valence-electron chi connectivity index (χ1n) is 5.15. The minimum atomic E-state index is -0.0776. The van der Waals surface area contributed by atoms with Gasteiger partial charge in [0.05, 0.1) is 6.10 Å². The minimum absolute atomic E-state index is 0.0776. The second-order valence-corrected chi connectivity index (χ2v) is 4.28. The van der Waals surface area contributed by atoms with Crippen LogP contribution in [0.25, 0.3) is 0 Å². The Hall–Kier alpha value is -0.410. The van der Waals surface area contributed by atoms with E-state index in [9.17, 15) is 9.90 Å². The lowest BCUT2D eigenvalue weighted by atomic mass is 10.00. The van der Waals surface area contributed by atoms with Crippen molar-refractivity contribution in [1.29, 1.82) is 0 Å². The standard InChI is InChI=1S/C10H17NO2/c12-5-1-4-11-6-8-2-3-10(13)9(8)7-11/h5,8-10,13H,1-4,6-7H2. The number of nitrogens with zero attached hydrogens (tertiary/aromatic N) is 1. The molecule has 0 amide bonds. The Kier molecular flexibility index (Phi) is 2.65. The molecule has 1 N–H and O–H groups in total. The van der Waals surface area contributed by atoms with Gasteiger partial charge in [0.15, 0.2) is 0 Å². The largest absolute Gasteiger partial charge is 0.393 e. The van der Waals surface area contributed by atoms with Crippen LogP contribution in [-0.4, -0.2) is 42.0 Å². The molecule has 1 aliphatic carbocycles. The zero-order valence-electron chi connectivity index (χ0n) is 7.85. The van der Waals surface area contributed by atoms with E-state index in [1.807, 2.05) is 0 Å². The molecule has 3 heteroatoms. The van der Waals surface area contributed by atoms with Gasteiger partial charge in [-0.2, -0.15) is 0 Å². The zero-order valence-corrected chi connectivity index (χ0v) is 7.85. The Labute approximate surface area is 78.7 Å². The van der Waals surface area contributed by atoms with Gasteiger partial charge in [-0.25, -0.2) is 0 Å². The maximum Gasteiger partial charge on any atom is 0.121 e. The summed E-state index contributed by atoms with van der Waals surface area (Å²) < 4.78 is 0. The first-order chi connectivity index (χ1) is 6.31. The molecule has 0 bridgehead atoms. The smallest absolute Gasteiger partial charge is 0.121 e. The third-order valence-corrected chi connectivity index (χ3v) is 3.46. The maximum absolute atomic E-state index is 10.2. The highest BCUT2D eigenvalue weighted by Crippen LogP contribution is 2.37. The van der Waals surface area contributed by atoms with Gasteiger partial charge in [-0.3, -0.25) is 0 Å². The van der Waals surface area contributed by atoms with Crippen LogP contribution in [0.3, 0.4) is 0 Å². The van der Waals surface area contributed by atoms with Crippen LogP contribution >= 0.6 is 0 Å². The molecule has 1 heterocycles. The summed E-state index contributed by atoms with van der Waals surface area (Å²) in [5.74, 6) is 1.19. The molecule has 74 valence electrons. The van der Waals surface area contributed by atoms with Crippen LogP contribution in [0.4, 0.5) is 0 Å². The van der Waals surface area contributed by atoms with Gasteiger partial charge in [0.2, 0.25) is 0 Å². The Bertz CT molecular complexity index is 195. The van der Waals surface area contributed by atoms with Crippen molar-refractivity contribution in [1.82, 2.24) is 4.90 Å². The molecule has 3 unspecified atom stereocenters. The average Bonchev–Trinajstić information content (AvgIpc) is 2.65. The lowest BCUT2D eigenvalue weighted by Crippen LogP contribution is -2.25. The first-order valence-corrected chi connectivity index (χ1v) is 5.15. The van der Waals surface area contributed by atoms with Gasteiger partial charge >= 0.3 is 0 Å². The van der Waals surface area contributed by atoms with Crippen LogP contribution in [0.5, 0.6) is 0 Å². The quantitative estimate of drug-likeness (QED) is 0.639. The Morgan fingerprint density at radius 3 is 2.92 bits per heavy atom. The van der Waals surface area contributed by atoms with Crippen LogP contribution in [0.1, 0.15) is 19.3 Å². The topological polar surface area (TPSA) is 40.5 Å².